The zero-order valence-electron chi connectivity index (χ0n) is 27.2. The van der Waals surface area contributed by atoms with Crippen LogP contribution in [-0.4, -0.2) is 80.3 Å². The molecule has 0 saturated carbocycles. The molecule has 2 aliphatic heterocycles. The van der Waals surface area contributed by atoms with Gasteiger partial charge in [-0.3, -0.25) is 9.69 Å². The number of likely N-dealkylation sites (tertiary alicyclic amines) is 1. The SMILES string of the molecule is C[C@H]1CN(Cc2cccc(-c3cc(CNC(=O)c4cccc(CC5CC[N+](C)(C)CC5)c4)ccc3F)c2)CCN1.O=C([O-])C(F)(F)F. The number of quaternary nitrogens is 1. The summed E-state index contributed by atoms with van der Waals surface area (Å²) in [5.41, 5.74) is 5.40. The van der Waals surface area contributed by atoms with Crippen LogP contribution in [0.5, 0.6) is 0 Å². The van der Waals surface area contributed by atoms with Crippen molar-refractivity contribution in [3.63, 3.8) is 0 Å². The topological polar surface area (TPSA) is 84.5 Å². The number of aliphatic carboxylic acids is 1. The van der Waals surface area contributed by atoms with Gasteiger partial charge in [-0.1, -0.05) is 36.4 Å². The van der Waals surface area contributed by atoms with Crippen LogP contribution in [0.25, 0.3) is 11.1 Å². The lowest BCUT2D eigenvalue weighted by Gasteiger charge is -2.37. The number of carbonyl (C=O) groups is 2. The number of carboxylic acids is 1. The first-order chi connectivity index (χ1) is 22.2. The van der Waals surface area contributed by atoms with Gasteiger partial charge in [0.25, 0.3) is 5.91 Å². The number of carbonyl (C=O) groups excluding carboxylic acids is 2. The second-order valence-corrected chi connectivity index (χ2v) is 13.3. The van der Waals surface area contributed by atoms with Crippen molar-refractivity contribution in [2.75, 3.05) is 46.8 Å². The number of carboxylic acid groups (broad SMARTS) is 1. The van der Waals surface area contributed by atoms with Crippen LogP contribution in [0, 0.1) is 11.7 Å². The first-order valence-corrected chi connectivity index (χ1v) is 16.0. The van der Waals surface area contributed by atoms with Crippen molar-refractivity contribution in [3.05, 3.63) is 94.8 Å². The minimum absolute atomic E-state index is 0.0959. The molecule has 0 aliphatic carbocycles. The smallest absolute Gasteiger partial charge is 0.430 e. The molecule has 0 spiro atoms. The summed E-state index contributed by atoms with van der Waals surface area (Å²) in [6, 6.07) is 21.8. The van der Waals surface area contributed by atoms with Gasteiger partial charge in [-0.2, -0.15) is 13.2 Å². The van der Waals surface area contributed by atoms with E-state index in [0.29, 0.717) is 29.6 Å². The largest absolute Gasteiger partial charge is 0.542 e. The Morgan fingerprint density at radius 2 is 1.66 bits per heavy atom. The van der Waals surface area contributed by atoms with E-state index in [4.69, 9.17) is 9.90 Å². The van der Waals surface area contributed by atoms with Crippen LogP contribution < -0.4 is 15.7 Å². The Kier molecular flexibility index (Phi) is 12.2. The first kappa shape index (κ1) is 36.0. The number of alkyl halides is 3. The lowest BCUT2D eigenvalue weighted by Crippen LogP contribution is -2.48. The molecule has 11 heteroatoms. The number of nitrogens with one attached hydrogen (secondary N) is 2. The van der Waals surface area contributed by atoms with E-state index >= 15 is 0 Å². The Hall–Kier alpha value is -3.80. The molecule has 254 valence electrons. The molecule has 0 aromatic heterocycles. The fraction of sp³-hybridized carbons (Fsp3) is 0.444. The zero-order valence-corrected chi connectivity index (χ0v) is 27.2. The van der Waals surface area contributed by atoms with Gasteiger partial charge in [0, 0.05) is 49.9 Å². The number of nitrogens with zero attached hydrogens (tertiary/aromatic N) is 2. The molecular weight excluding hydrogens is 612 g/mol. The Morgan fingerprint density at radius 1 is 0.979 bits per heavy atom. The molecule has 1 atom stereocenters. The number of piperazine rings is 1. The van der Waals surface area contributed by atoms with Gasteiger partial charge in [-0.15, -0.1) is 0 Å². The lowest BCUT2D eigenvalue weighted by atomic mass is 9.89. The monoisotopic (exact) mass is 656 g/mol. The van der Waals surface area contributed by atoms with E-state index in [1.165, 1.54) is 43.1 Å². The van der Waals surface area contributed by atoms with Crippen LogP contribution in [0.1, 0.15) is 46.8 Å². The van der Waals surface area contributed by atoms with Gasteiger partial charge in [0.1, 0.15) is 11.8 Å². The van der Waals surface area contributed by atoms with Crippen LogP contribution in [0.4, 0.5) is 17.6 Å². The van der Waals surface area contributed by atoms with E-state index in [9.17, 15) is 22.4 Å². The molecule has 2 saturated heterocycles. The number of piperidine rings is 1. The summed E-state index contributed by atoms with van der Waals surface area (Å²) in [7, 11) is 4.61. The minimum atomic E-state index is -5.19. The average Bonchev–Trinajstić information content (AvgIpc) is 3.02. The van der Waals surface area contributed by atoms with Crippen molar-refractivity contribution in [1.29, 1.82) is 0 Å². The van der Waals surface area contributed by atoms with E-state index in [-0.39, 0.29) is 11.7 Å². The second-order valence-electron chi connectivity index (χ2n) is 13.3. The maximum absolute atomic E-state index is 14.9. The van der Waals surface area contributed by atoms with Crippen molar-refractivity contribution < 1.29 is 36.7 Å². The molecule has 5 rings (SSSR count). The van der Waals surface area contributed by atoms with Crippen LogP contribution in [0.15, 0.2) is 66.7 Å². The predicted molar refractivity (Wildman–Crippen MR) is 172 cm³/mol. The molecule has 47 heavy (non-hydrogen) atoms. The first-order valence-electron chi connectivity index (χ1n) is 16.0. The van der Waals surface area contributed by atoms with Gasteiger partial charge in [0.2, 0.25) is 0 Å². The molecule has 2 N–H and O–H groups in total. The van der Waals surface area contributed by atoms with Crippen LogP contribution >= 0.6 is 0 Å². The highest BCUT2D eigenvalue weighted by Crippen LogP contribution is 2.27. The Bertz CT molecular complexity index is 1520. The van der Waals surface area contributed by atoms with Gasteiger partial charge >= 0.3 is 6.18 Å². The molecular formula is C36H44F4N4O3. The normalized spacial score (nSPS) is 18.6. The molecule has 7 nitrogen and oxygen atoms in total. The highest BCUT2D eigenvalue weighted by Gasteiger charge is 2.29. The average molecular weight is 657 g/mol. The van der Waals surface area contributed by atoms with Crippen molar-refractivity contribution in [2.45, 2.75) is 51.5 Å². The number of rotatable bonds is 8. The second kappa shape index (κ2) is 15.9. The summed E-state index contributed by atoms with van der Waals surface area (Å²) in [6.07, 6.45) is -1.71. The molecule has 2 aliphatic rings. The summed E-state index contributed by atoms with van der Waals surface area (Å²) >= 11 is 0. The molecule has 3 aromatic rings. The zero-order chi connectivity index (χ0) is 34.2. The van der Waals surface area contributed by atoms with Crippen molar-refractivity contribution in [3.8, 4) is 11.1 Å². The number of hydrogen-bond donors (Lipinski definition) is 2. The Morgan fingerprint density at radius 3 is 2.34 bits per heavy atom. The fourth-order valence-electron chi connectivity index (χ4n) is 6.14. The Labute approximate surface area is 274 Å². The Balaban J connectivity index is 0.000000644. The molecule has 2 heterocycles. The number of hydrogen-bond acceptors (Lipinski definition) is 5. The lowest BCUT2D eigenvalue weighted by molar-refractivity contribution is -0.896. The third kappa shape index (κ3) is 11.2. The summed E-state index contributed by atoms with van der Waals surface area (Å²) < 4.78 is 47.6. The van der Waals surface area contributed by atoms with Crippen LogP contribution in [-0.2, 0) is 24.3 Å². The standard InChI is InChI=1S/C34H43FN4O.C2HF3O2/c1-25-23-38(15-14-36-25)24-29-7-5-8-30(20-29)32-21-28(10-11-33(32)35)22-37-34(40)31-9-4-6-27(19-31)18-26-12-16-39(2,3)17-13-26;3-2(4,5)1(6)7/h4-11,19-21,25-26,36H,12-18,22-24H2,1-3H3;(H,6,7)/t25-;/m0./s1. The predicted octanol–water partition coefficient (Wildman–Crippen LogP) is 4.54. The van der Waals surface area contributed by atoms with Gasteiger partial charge in [-0.25, -0.2) is 4.39 Å². The van der Waals surface area contributed by atoms with E-state index < -0.39 is 12.1 Å². The van der Waals surface area contributed by atoms with Gasteiger partial charge in [0.05, 0.1) is 27.2 Å². The number of benzene rings is 3. The maximum atomic E-state index is 14.9. The summed E-state index contributed by atoms with van der Waals surface area (Å²) in [5, 5.41) is 15.3. The highest BCUT2D eigenvalue weighted by molar-refractivity contribution is 5.94. The summed E-state index contributed by atoms with van der Waals surface area (Å²) in [4.78, 5) is 24.3. The van der Waals surface area contributed by atoms with Crippen molar-refractivity contribution in [2.24, 2.45) is 5.92 Å². The van der Waals surface area contributed by atoms with E-state index in [2.05, 4.69) is 54.8 Å². The summed E-state index contributed by atoms with van der Waals surface area (Å²) in [5.74, 6) is -2.67. The molecule has 2 fully saturated rings. The van der Waals surface area contributed by atoms with Crippen LogP contribution in [0.2, 0.25) is 0 Å². The van der Waals surface area contributed by atoms with Gasteiger partial charge < -0.3 is 25.0 Å². The fourth-order valence-corrected chi connectivity index (χ4v) is 6.14. The number of amides is 1. The minimum Gasteiger partial charge on any atom is -0.542 e. The van der Waals surface area contributed by atoms with E-state index in [1.807, 2.05) is 36.4 Å². The molecule has 0 bridgehead atoms. The van der Waals surface area contributed by atoms with Gasteiger partial charge in [0.15, 0.2) is 0 Å². The molecule has 1 amide bonds. The third-order valence-electron chi connectivity index (χ3n) is 8.81. The van der Waals surface area contributed by atoms with Crippen molar-refractivity contribution >= 4 is 11.9 Å². The van der Waals surface area contributed by atoms with E-state index in [0.717, 1.165) is 48.2 Å². The highest BCUT2D eigenvalue weighted by atomic mass is 19.4. The maximum Gasteiger partial charge on any atom is 0.430 e. The third-order valence-corrected chi connectivity index (χ3v) is 8.81. The molecule has 0 unspecified atom stereocenters. The van der Waals surface area contributed by atoms with Gasteiger partial charge in [-0.05, 0) is 84.7 Å². The summed E-state index contributed by atoms with van der Waals surface area (Å²) in [6.45, 7) is 8.85. The van der Waals surface area contributed by atoms with Crippen molar-refractivity contribution in [1.82, 2.24) is 15.5 Å². The number of halogens is 4. The quantitative estimate of drug-likeness (QED) is 0.275. The van der Waals surface area contributed by atoms with Crippen LogP contribution in [0.3, 0.4) is 0 Å². The molecule has 0 radical (unpaired) electrons. The molecule has 3 aromatic carbocycles. The van der Waals surface area contributed by atoms with E-state index in [1.54, 1.807) is 6.07 Å².